The van der Waals surface area contributed by atoms with Crippen LogP contribution in [0.4, 0.5) is 18.0 Å². The average molecular weight is 221 g/mol. The van der Waals surface area contributed by atoms with Gasteiger partial charge in [0.15, 0.2) is 0 Å². The highest BCUT2D eigenvalue weighted by Gasteiger charge is 2.46. The number of amides is 1. The van der Waals surface area contributed by atoms with Crippen molar-refractivity contribution in [2.45, 2.75) is 13.2 Å². The molecule has 0 saturated carbocycles. The molecule has 1 N–H and O–H groups in total. The number of ether oxygens (including phenoxy) is 1. The van der Waals surface area contributed by atoms with Crippen molar-refractivity contribution in [3.63, 3.8) is 0 Å². The molecule has 0 aliphatic heterocycles. The van der Waals surface area contributed by atoms with Crippen molar-refractivity contribution in [2.75, 3.05) is 6.61 Å². The molecule has 0 aromatic heterocycles. The molecule has 1 amide bonds. The van der Waals surface area contributed by atoms with Gasteiger partial charge in [0.05, 0.1) is 6.61 Å². The molecule has 0 rings (SSSR count). The maximum atomic E-state index is 11.8. The molecular formula is C4H6F3NO4S. The van der Waals surface area contributed by atoms with Gasteiger partial charge in [0.1, 0.15) is 0 Å². The Morgan fingerprint density at radius 2 is 2.08 bits per heavy atom. The Morgan fingerprint density at radius 3 is 2.31 bits per heavy atom. The van der Waals surface area contributed by atoms with E-state index < -0.39 is 28.0 Å². The maximum absolute atomic E-state index is 11.8. The van der Waals surface area contributed by atoms with Gasteiger partial charge >= 0.3 is 12.4 Å². The van der Waals surface area contributed by atoms with Crippen molar-refractivity contribution in [3.8, 4) is 0 Å². The zero-order valence-corrected chi connectivity index (χ0v) is 7.18. The van der Waals surface area contributed by atoms with Crippen LogP contribution in [0.25, 0.3) is 0 Å². The molecule has 13 heavy (non-hydrogen) atoms. The summed E-state index contributed by atoms with van der Waals surface area (Å²) in [5, 5.41) is 0. The van der Waals surface area contributed by atoms with Gasteiger partial charge < -0.3 is 4.74 Å². The SMILES string of the molecule is CCOC(=O)N(S(=O)O)C(F)(F)F. The molecule has 0 aromatic carbocycles. The van der Waals surface area contributed by atoms with Gasteiger partial charge in [0, 0.05) is 0 Å². The van der Waals surface area contributed by atoms with Crippen molar-refractivity contribution in [1.29, 1.82) is 0 Å². The maximum Gasteiger partial charge on any atom is 0.503 e. The fourth-order valence-corrected chi connectivity index (χ4v) is 0.795. The first-order valence-electron chi connectivity index (χ1n) is 2.95. The summed E-state index contributed by atoms with van der Waals surface area (Å²) in [5.74, 6) is 0. The fraction of sp³-hybridized carbons (Fsp3) is 0.750. The van der Waals surface area contributed by atoms with Crippen molar-refractivity contribution >= 4 is 17.4 Å². The molecule has 0 radical (unpaired) electrons. The molecule has 0 spiro atoms. The zero-order chi connectivity index (χ0) is 10.6. The number of hydrogen-bond donors (Lipinski definition) is 1. The topological polar surface area (TPSA) is 66.8 Å². The normalized spacial score (nSPS) is 13.6. The van der Waals surface area contributed by atoms with Gasteiger partial charge in [-0.2, -0.15) is 0 Å². The lowest BCUT2D eigenvalue weighted by molar-refractivity contribution is -0.198. The summed E-state index contributed by atoms with van der Waals surface area (Å²) in [6.07, 6.45) is -7.14. The molecule has 0 aliphatic rings. The number of hydrogen-bond acceptors (Lipinski definition) is 3. The molecule has 0 heterocycles. The molecular weight excluding hydrogens is 215 g/mol. The van der Waals surface area contributed by atoms with E-state index in [9.17, 15) is 22.2 Å². The van der Waals surface area contributed by atoms with Crippen LogP contribution < -0.4 is 0 Å². The van der Waals surface area contributed by atoms with E-state index in [2.05, 4.69) is 4.74 Å². The lowest BCUT2D eigenvalue weighted by Crippen LogP contribution is -2.44. The standard InChI is InChI=1S/C4H6F3NO4S/c1-2-12-3(9)8(13(10)11)4(5,6)7/h2H2,1H3,(H,10,11). The quantitative estimate of drug-likeness (QED) is 0.560. The first-order chi connectivity index (χ1) is 5.80. The Bertz CT molecular complexity index is 218. The Kier molecular flexibility index (Phi) is 4.14. The van der Waals surface area contributed by atoms with E-state index in [1.54, 1.807) is 0 Å². The van der Waals surface area contributed by atoms with Crippen molar-refractivity contribution in [1.82, 2.24) is 4.31 Å². The molecule has 1 atom stereocenters. The van der Waals surface area contributed by atoms with E-state index >= 15 is 0 Å². The molecule has 0 saturated heterocycles. The van der Waals surface area contributed by atoms with Crippen LogP contribution in [0.3, 0.4) is 0 Å². The van der Waals surface area contributed by atoms with Gasteiger partial charge in [-0.15, -0.1) is 17.5 Å². The largest absolute Gasteiger partial charge is 0.503 e. The molecule has 5 nitrogen and oxygen atoms in total. The third kappa shape index (κ3) is 3.59. The van der Waals surface area contributed by atoms with Crippen LogP contribution in [0, 0.1) is 0 Å². The van der Waals surface area contributed by atoms with Gasteiger partial charge in [-0.05, 0) is 6.92 Å². The van der Waals surface area contributed by atoms with E-state index in [0.717, 1.165) is 0 Å². The second-order valence-corrected chi connectivity index (χ2v) is 2.52. The lowest BCUT2D eigenvalue weighted by atomic mass is 10.8. The second-order valence-electron chi connectivity index (χ2n) is 1.69. The number of carbonyl (C=O) groups excluding carboxylic acids is 1. The average Bonchev–Trinajstić information content (AvgIpc) is 1.82. The summed E-state index contributed by atoms with van der Waals surface area (Å²) in [4.78, 5) is 10.5. The number of halogens is 3. The van der Waals surface area contributed by atoms with Crippen LogP contribution in [0.1, 0.15) is 6.92 Å². The minimum absolute atomic E-state index is 0.317. The van der Waals surface area contributed by atoms with Gasteiger partial charge in [-0.3, -0.25) is 4.55 Å². The van der Waals surface area contributed by atoms with Crippen molar-refractivity contribution in [3.05, 3.63) is 0 Å². The summed E-state index contributed by atoms with van der Waals surface area (Å²) < 4.78 is 56.3. The molecule has 0 aromatic rings. The predicted octanol–water partition coefficient (Wildman–Crippen LogP) is 1.10. The van der Waals surface area contributed by atoms with Crippen LogP contribution in [0.2, 0.25) is 0 Å². The molecule has 1 unspecified atom stereocenters. The second kappa shape index (κ2) is 4.42. The third-order valence-corrected chi connectivity index (χ3v) is 1.49. The summed E-state index contributed by atoms with van der Waals surface area (Å²) in [7, 11) is 0. The Balaban J connectivity index is 4.63. The Hall–Kier alpha value is -0.830. The van der Waals surface area contributed by atoms with E-state index in [1.165, 1.54) is 6.92 Å². The van der Waals surface area contributed by atoms with Crippen LogP contribution in [0.15, 0.2) is 0 Å². The summed E-state index contributed by atoms with van der Waals surface area (Å²) in [6.45, 7) is 0.954. The number of alkyl halides is 3. The Morgan fingerprint density at radius 1 is 1.62 bits per heavy atom. The third-order valence-electron chi connectivity index (χ3n) is 0.820. The minimum Gasteiger partial charge on any atom is -0.449 e. The van der Waals surface area contributed by atoms with Gasteiger partial charge in [-0.1, -0.05) is 0 Å². The minimum atomic E-state index is -5.23. The van der Waals surface area contributed by atoms with Gasteiger partial charge in [0.25, 0.3) is 11.3 Å². The molecule has 0 bridgehead atoms. The van der Waals surface area contributed by atoms with Crippen LogP contribution in [-0.2, 0) is 16.0 Å². The van der Waals surface area contributed by atoms with Crippen LogP contribution in [-0.4, -0.2) is 32.1 Å². The molecule has 0 fully saturated rings. The van der Waals surface area contributed by atoms with Gasteiger partial charge in [0.2, 0.25) is 0 Å². The zero-order valence-electron chi connectivity index (χ0n) is 6.37. The highest BCUT2D eigenvalue weighted by Crippen LogP contribution is 2.23. The number of nitrogens with zero attached hydrogens (tertiary/aromatic N) is 1. The fourth-order valence-electron chi connectivity index (χ4n) is 0.438. The van der Waals surface area contributed by atoms with Gasteiger partial charge in [-0.25, -0.2) is 9.00 Å². The number of rotatable bonds is 2. The monoisotopic (exact) mass is 221 g/mol. The highest BCUT2D eigenvalue weighted by molar-refractivity contribution is 7.77. The van der Waals surface area contributed by atoms with Crippen molar-refractivity contribution in [2.24, 2.45) is 0 Å². The predicted molar refractivity (Wildman–Crippen MR) is 35.7 cm³/mol. The molecule has 0 aliphatic carbocycles. The van der Waals surface area contributed by atoms with E-state index in [1.807, 2.05) is 0 Å². The van der Waals surface area contributed by atoms with Crippen LogP contribution >= 0.6 is 0 Å². The smallest absolute Gasteiger partial charge is 0.449 e. The molecule has 9 heteroatoms. The first-order valence-corrected chi connectivity index (χ1v) is 4.01. The first kappa shape index (κ1) is 12.2. The van der Waals surface area contributed by atoms with Crippen molar-refractivity contribution < 1.29 is 31.5 Å². The summed E-state index contributed by atoms with van der Waals surface area (Å²) >= 11 is -3.47. The summed E-state index contributed by atoms with van der Waals surface area (Å²) in [5.41, 5.74) is 0. The highest BCUT2D eigenvalue weighted by atomic mass is 32.2. The van der Waals surface area contributed by atoms with Crippen LogP contribution in [0.5, 0.6) is 0 Å². The number of carbonyl (C=O) groups is 1. The van der Waals surface area contributed by atoms with E-state index in [0.29, 0.717) is 0 Å². The summed E-state index contributed by atoms with van der Waals surface area (Å²) in [6, 6.07) is 0. The lowest BCUT2D eigenvalue weighted by Gasteiger charge is -2.18. The Labute approximate surface area is 73.9 Å². The van der Waals surface area contributed by atoms with E-state index in [-0.39, 0.29) is 6.61 Å². The molecule has 78 valence electrons. The van der Waals surface area contributed by atoms with E-state index in [4.69, 9.17) is 4.55 Å².